The molecule has 0 aliphatic carbocycles. The van der Waals surface area contributed by atoms with Gasteiger partial charge in [-0.05, 0) is 69.7 Å². The summed E-state index contributed by atoms with van der Waals surface area (Å²) in [6.45, 7) is 10.5. The Balaban J connectivity index is 1.36. The number of anilines is 1. The largest absolute Gasteiger partial charge is 0.514 e. The van der Waals surface area contributed by atoms with Gasteiger partial charge in [0.1, 0.15) is 35.5 Å². The van der Waals surface area contributed by atoms with Crippen molar-refractivity contribution in [3.05, 3.63) is 77.9 Å². The van der Waals surface area contributed by atoms with Crippen molar-refractivity contribution in [1.29, 1.82) is 0 Å². The van der Waals surface area contributed by atoms with E-state index >= 15 is 0 Å². The number of aromatic nitrogens is 2. The van der Waals surface area contributed by atoms with E-state index in [0.29, 0.717) is 43.3 Å². The predicted octanol–water partition coefficient (Wildman–Crippen LogP) is 5.18. The van der Waals surface area contributed by atoms with Gasteiger partial charge in [-0.25, -0.2) is 18.8 Å². The molecular formula is C29H35FN5O4+. The average Bonchev–Trinajstić information content (AvgIpc) is 2.89. The van der Waals surface area contributed by atoms with E-state index in [9.17, 15) is 19.1 Å². The molecule has 1 aliphatic heterocycles. The Labute approximate surface area is 228 Å². The Bertz CT molecular complexity index is 1310. The smallest absolute Gasteiger partial charge is 0.439 e. The number of carboxylic acid groups (broad SMARTS) is 1. The highest BCUT2D eigenvalue weighted by Gasteiger charge is 2.54. The second kappa shape index (κ2) is 11.1. The fraction of sp³-hybridized carbons (Fsp3) is 0.379. The third-order valence-electron chi connectivity index (χ3n) is 7.47. The number of amides is 2. The quantitative estimate of drug-likeness (QED) is 0.434. The zero-order valence-corrected chi connectivity index (χ0v) is 23.0. The van der Waals surface area contributed by atoms with Crippen molar-refractivity contribution in [3.8, 4) is 11.6 Å². The fourth-order valence-electron chi connectivity index (χ4n) is 5.29. The Morgan fingerprint density at radius 3 is 2.36 bits per heavy atom. The van der Waals surface area contributed by atoms with Crippen LogP contribution in [0.2, 0.25) is 0 Å². The van der Waals surface area contributed by atoms with Crippen molar-refractivity contribution >= 4 is 17.8 Å². The molecule has 2 aromatic heterocycles. The first kappa shape index (κ1) is 28.1. The van der Waals surface area contributed by atoms with Gasteiger partial charge in [0.15, 0.2) is 0 Å². The summed E-state index contributed by atoms with van der Waals surface area (Å²) in [4.78, 5) is 37.6. The van der Waals surface area contributed by atoms with Gasteiger partial charge in [0.05, 0.1) is 12.1 Å². The molecule has 1 aromatic carbocycles. The van der Waals surface area contributed by atoms with Crippen LogP contribution in [0.15, 0.2) is 60.9 Å². The Morgan fingerprint density at radius 2 is 1.82 bits per heavy atom. The van der Waals surface area contributed by atoms with Crippen LogP contribution in [0.5, 0.6) is 11.6 Å². The molecule has 1 fully saturated rings. The number of ether oxygens (including phenoxy) is 1. The van der Waals surface area contributed by atoms with E-state index in [2.05, 4.69) is 14.9 Å². The number of carbonyl (C=O) groups is 2. The van der Waals surface area contributed by atoms with Gasteiger partial charge in [-0.3, -0.25) is 14.6 Å². The van der Waals surface area contributed by atoms with Gasteiger partial charge in [0.2, 0.25) is 5.88 Å². The molecule has 0 saturated carbocycles. The minimum Gasteiger partial charge on any atom is -0.439 e. The zero-order valence-electron chi connectivity index (χ0n) is 23.0. The fourth-order valence-corrected chi connectivity index (χ4v) is 5.29. The second-order valence-corrected chi connectivity index (χ2v) is 11.0. The van der Waals surface area contributed by atoms with Crippen molar-refractivity contribution < 1.29 is 28.3 Å². The Hall–Kier alpha value is -3.89. The third-order valence-corrected chi connectivity index (χ3v) is 7.47. The number of hydrogen-bond acceptors (Lipinski definition) is 6. The normalized spacial score (nSPS) is 19.9. The van der Waals surface area contributed by atoms with Crippen molar-refractivity contribution in [1.82, 2.24) is 14.9 Å². The highest BCUT2D eigenvalue weighted by Crippen LogP contribution is 2.32. The van der Waals surface area contributed by atoms with Crippen molar-refractivity contribution in [2.45, 2.75) is 45.8 Å². The molecule has 9 nitrogen and oxygen atoms in total. The first-order chi connectivity index (χ1) is 18.4. The molecule has 3 heterocycles. The maximum absolute atomic E-state index is 13.1. The summed E-state index contributed by atoms with van der Waals surface area (Å²) < 4.78 is 18.7. The Morgan fingerprint density at radius 1 is 1.10 bits per heavy atom. The van der Waals surface area contributed by atoms with E-state index < -0.39 is 11.6 Å². The maximum Gasteiger partial charge on any atom is 0.514 e. The third kappa shape index (κ3) is 5.91. The van der Waals surface area contributed by atoms with Gasteiger partial charge < -0.3 is 9.84 Å². The van der Waals surface area contributed by atoms with Gasteiger partial charge >= 0.3 is 6.09 Å². The van der Waals surface area contributed by atoms with Gasteiger partial charge in [-0.1, -0.05) is 6.07 Å². The molecule has 2 amide bonds. The summed E-state index contributed by atoms with van der Waals surface area (Å²) in [7, 11) is 1.65. The topological polar surface area (TPSA) is 95.9 Å². The molecule has 0 spiro atoms. The van der Waals surface area contributed by atoms with Crippen molar-refractivity contribution in [2.24, 2.45) is 0 Å². The predicted molar refractivity (Wildman–Crippen MR) is 145 cm³/mol. The first-order valence-electron chi connectivity index (χ1n) is 12.9. The lowest BCUT2D eigenvalue weighted by atomic mass is 9.95. The number of nitrogens with zero attached hydrogens (tertiary/aromatic N) is 5. The summed E-state index contributed by atoms with van der Waals surface area (Å²) in [6.07, 6.45) is 2.40. The molecule has 1 unspecified atom stereocenters. The zero-order chi connectivity index (χ0) is 28.4. The lowest BCUT2D eigenvalue weighted by Gasteiger charge is -2.52. The molecule has 1 aliphatic rings. The molecule has 3 aromatic rings. The monoisotopic (exact) mass is 536 g/mol. The van der Waals surface area contributed by atoms with Crippen molar-refractivity contribution in [2.75, 3.05) is 31.6 Å². The number of rotatable bonds is 6. The van der Waals surface area contributed by atoms with Crippen LogP contribution in [0.3, 0.4) is 0 Å². The van der Waals surface area contributed by atoms with Crippen LogP contribution in [0.25, 0.3) is 0 Å². The lowest BCUT2D eigenvalue weighted by molar-refractivity contribution is -0.929. The first-order valence-corrected chi connectivity index (χ1v) is 12.9. The summed E-state index contributed by atoms with van der Waals surface area (Å²) in [5.74, 6) is 0.599. The minimum atomic E-state index is -0.779. The SMILES string of the molecule is C[C@H]1CN(Cc2ccc(N(C)C(=O)c3ccc(Oc4ccc(F)cc4)nc3)nc2)CC[N+]1(C(=O)O)C(C)(C)C. The van der Waals surface area contributed by atoms with Crippen LogP contribution in [0.1, 0.15) is 43.6 Å². The highest BCUT2D eigenvalue weighted by atomic mass is 19.1. The number of hydrogen-bond donors (Lipinski definition) is 1. The summed E-state index contributed by atoms with van der Waals surface area (Å²) in [5.41, 5.74) is 0.959. The Kier molecular flexibility index (Phi) is 7.99. The number of piperazine rings is 1. The molecule has 2 atom stereocenters. The molecule has 39 heavy (non-hydrogen) atoms. The molecule has 1 saturated heterocycles. The van der Waals surface area contributed by atoms with Gasteiger partial charge in [0, 0.05) is 38.6 Å². The highest BCUT2D eigenvalue weighted by molar-refractivity contribution is 6.05. The summed E-state index contributed by atoms with van der Waals surface area (Å²) in [5, 5.41) is 10.1. The van der Waals surface area contributed by atoms with Crippen LogP contribution >= 0.6 is 0 Å². The number of quaternary nitrogens is 1. The molecule has 4 rings (SSSR count). The number of benzene rings is 1. The molecule has 0 radical (unpaired) electrons. The summed E-state index contributed by atoms with van der Waals surface area (Å²) in [6, 6.07) is 12.5. The number of halogens is 1. The molecule has 1 N–H and O–H groups in total. The molecule has 206 valence electrons. The standard InChI is InChI=1S/C29H34FN5O4/c1-20-18-34(14-15-35(20,28(37)38)29(2,3)4)19-21-6-12-25(31-16-21)33(5)27(36)22-7-13-26(32-17-22)39-24-10-8-23(30)9-11-24/h6-13,16-17,20H,14-15,18-19H2,1-5H3/p+1/t20-,35?/m0/s1. The van der Waals surface area contributed by atoms with Gasteiger partial charge in [-0.2, -0.15) is 4.79 Å². The maximum atomic E-state index is 13.1. The average molecular weight is 537 g/mol. The van der Waals surface area contributed by atoms with Crippen LogP contribution < -0.4 is 9.64 Å². The van der Waals surface area contributed by atoms with E-state index in [1.807, 2.05) is 33.8 Å². The molecular weight excluding hydrogens is 501 g/mol. The van der Waals surface area contributed by atoms with E-state index in [1.165, 1.54) is 35.4 Å². The number of carbonyl (C=O) groups excluding carboxylic acids is 1. The van der Waals surface area contributed by atoms with E-state index in [0.717, 1.165) is 5.56 Å². The van der Waals surface area contributed by atoms with E-state index in [4.69, 9.17) is 4.74 Å². The van der Waals surface area contributed by atoms with Gasteiger partial charge in [-0.15, -0.1) is 0 Å². The van der Waals surface area contributed by atoms with Gasteiger partial charge in [0.25, 0.3) is 5.91 Å². The lowest BCUT2D eigenvalue weighted by Crippen LogP contribution is -2.73. The van der Waals surface area contributed by atoms with Crippen LogP contribution in [0, 0.1) is 5.82 Å². The number of pyridine rings is 2. The van der Waals surface area contributed by atoms with E-state index in [-0.39, 0.29) is 28.1 Å². The van der Waals surface area contributed by atoms with Crippen molar-refractivity contribution in [3.63, 3.8) is 0 Å². The van der Waals surface area contributed by atoms with Crippen LogP contribution in [0.4, 0.5) is 15.0 Å². The summed E-state index contributed by atoms with van der Waals surface area (Å²) >= 11 is 0. The minimum absolute atomic E-state index is 0.0434. The molecule has 0 bridgehead atoms. The van der Waals surface area contributed by atoms with Crippen LogP contribution in [-0.4, -0.2) is 74.7 Å². The molecule has 10 heteroatoms. The second-order valence-electron chi connectivity index (χ2n) is 11.0. The van der Waals surface area contributed by atoms with Crippen LogP contribution in [-0.2, 0) is 6.54 Å². The van der Waals surface area contributed by atoms with E-state index in [1.54, 1.807) is 31.4 Å².